The first-order valence-corrected chi connectivity index (χ1v) is 6.62. The number of hydrogen-bond acceptors (Lipinski definition) is 3. The zero-order valence-electron chi connectivity index (χ0n) is 7.82. The van der Waals surface area contributed by atoms with Gasteiger partial charge < -0.3 is 14.2 Å². The monoisotopic (exact) mass is 433 g/mol. The van der Waals surface area contributed by atoms with Gasteiger partial charge in [0.15, 0.2) is 0 Å². The van der Waals surface area contributed by atoms with E-state index in [0.717, 1.165) is 13.9 Å². The molecular weight excluding hydrogens is 424 g/mol. The van der Waals surface area contributed by atoms with Gasteiger partial charge in [0.25, 0.3) is 0 Å². The predicted molar refractivity (Wildman–Crippen MR) is 70.6 cm³/mol. The van der Waals surface area contributed by atoms with Crippen LogP contribution >= 0.6 is 45.2 Å². The quantitative estimate of drug-likeness (QED) is 0.681. The maximum atomic E-state index is 11.2. The zero-order valence-corrected chi connectivity index (χ0v) is 12.1. The first kappa shape index (κ1) is 11.4. The van der Waals surface area contributed by atoms with Crippen molar-refractivity contribution in [2.45, 2.75) is 6.54 Å². The molecule has 0 aromatic carbocycles. The van der Waals surface area contributed by atoms with Crippen LogP contribution in [0.15, 0.2) is 6.33 Å². The van der Waals surface area contributed by atoms with Crippen LogP contribution in [0.4, 0.5) is 4.79 Å². The van der Waals surface area contributed by atoms with Gasteiger partial charge in [-0.1, -0.05) is 0 Å². The van der Waals surface area contributed by atoms with Crippen LogP contribution in [-0.2, 0) is 11.3 Å². The highest BCUT2D eigenvalue weighted by Gasteiger charge is 2.21. The van der Waals surface area contributed by atoms with Gasteiger partial charge in [-0.2, -0.15) is 0 Å². The Morgan fingerprint density at radius 1 is 1.47 bits per heavy atom. The summed E-state index contributed by atoms with van der Waals surface area (Å²) in [7, 11) is 0. The summed E-state index contributed by atoms with van der Waals surface area (Å²) < 4.78 is 8.99. The number of carbonyl (C=O) groups excluding carboxylic acids is 1. The fourth-order valence-electron chi connectivity index (χ4n) is 1.36. The Kier molecular flexibility index (Phi) is 3.69. The summed E-state index contributed by atoms with van der Waals surface area (Å²) >= 11 is 4.44. The number of amides is 1. The minimum absolute atomic E-state index is 0.208. The second kappa shape index (κ2) is 4.85. The first-order valence-electron chi connectivity index (χ1n) is 4.46. The molecule has 2 rings (SSSR count). The summed E-state index contributed by atoms with van der Waals surface area (Å²) in [6.07, 6.45) is 1.59. The lowest BCUT2D eigenvalue weighted by Gasteiger charge is -2.12. The van der Waals surface area contributed by atoms with E-state index in [-0.39, 0.29) is 6.09 Å². The average molecular weight is 433 g/mol. The molecule has 1 aromatic heterocycles. The molecule has 0 aliphatic carbocycles. The SMILES string of the molecule is O=C1OCCN1CCn1cnc(I)c1I. The number of hydrogen-bond donors (Lipinski definition) is 0. The van der Waals surface area contributed by atoms with Crippen molar-refractivity contribution < 1.29 is 9.53 Å². The molecule has 1 fully saturated rings. The van der Waals surface area contributed by atoms with Gasteiger partial charge in [0.05, 0.1) is 12.9 Å². The summed E-state index contributed by atoms with van der Waals surface area (Å²) in [6.45, 7) is 2.66. The molecule has 1 aromatic rings. The molecule has 5 nitrogen and oxygen atoms in total. The summed E-state index contributed by atoms with van der Waals surface area (Å²) in [5.74, 6) is 0. The summed E-state index contributed by atoms with van der Waals surface area (Å²) in [4.78, 5) is 17.1. The number of carbonyl (C=O) groups is 1. The normalized spacial score (nSPS) is 15.9. The molecule has 0 N–H and O–H groups in total. The molecule has 0 unspecified atom stereocenters. The lowest BCUT2D eigenvalue weighted by atomic mass is 10.5. The first-order chi connectivity index (χ1) is 7.18. The Morgan fingerprint density at radius 2 is 2.27 bits per heavy atom. The summed E-state index contributed by atoms with van der Waals surface area (Å²) in [5.41, 5.74) is 0. The number of halogens is 2. The molecule has 15 heavy (non-hydrogen) atoms. The Hall–Kier alpha value is -0.0600. The summed E-state index contributed by atoms with van der Waals surface area (Å²) in [5, 5.41) is 0. The number of nitrogens with zero attached hydrogens (tertiary/aromatic N) is 3. The summed E-state index contributed by atoms with van der Waals surface area (Å²) in [6, 6.07) is 0. The Bertz CT molecular complexity index is 380. The molecule has 0 atom stereocenters. The standard InChI is InChI=1S/C8H9I2N3O2/c9-6-7(10)13(5-11-6)2-1-12-3-4-15-8(12)14/h5H,1-4H2. The van der Waals surface area contributed by atoms with Gasteiger partial charge in [0.2, 0.25) is 0 Å². The molecule has 0 bridgehead atoms. The van der Waals surface area contributed by atoms with E-state index in [0.29, 0.717) is 19.7 Å². The molecule has 7 heteroatoms. The number of rotatable bonds is 3. The van der Waals surface area contributed by atoms with Crippen LogP contribution in [-0.4, -0.2) is 40.2 Å². The second-order valence-electron chi connectivity index (χ2n) is 3.12. The van der Waals surface area contributed by atoms with Crippen molar-refractivity contribution >= 4 is 51.3 Å². The Balaban J connectivity index is 1.93. The van der Waals surface area contributed by atoms with Crippen LogP contribution < -0.4 is 0 Å². The number of aromatic nitrogens is 2. The van der Waals surface area contributed by atoms with E-state index in [1.165, 1.54) is 0 Å². The molecule has 1 saturated heterocycles. The van der Waals surface area contributed by atoms with Gasteiger partial charge in [-0.25, -0.2) is 9.78 Å². The largest absolute Gasteiger partial charge is 0.448 e. The van der Waals surface area contributed by atoms with E-state index < -0.39 is 0 Å². The number of ether oxygens (including phenoxy) is 1. The molecular formula is C8H9I2N3O2. The predicted octanol–water partition coefficient (Wildman–Crippen LogP) is 1.54. The smallest absolute Gasteiger partial charge is 0.410 e. The van der Waals surface area contributed by atoms with Crippen molar-refractivity contribution in [3.05, 3.63) is 13.7 Å². The third kappa shape index (κ3) is 2.55. The average Bonchev–Trinajstić information content (AvgIpc) is 2.74. The van der Waals surface area contributed by atoms with E-state index in [1.54, 1.807) is 11.2 Å². The minimum atomic E-state index is -0.208. The molecule has 1 amide bonds. The second-order valence-corrected chi connectivity index (χ2v) is 5.16. The van der Waals surface area contributed by atoms with E-state index in [9.17, 15) is 4.79 Å². The maximum absolute atomic E-state index is 11.2. The van der Waals surface area contributed by atoms with E-state index >= 15 is 0 Å². The van der Waals surface area contributed by atoms with Gasteiger partial charge >= 0.3 is 6.09 Å². The molecule has 0 radical (unpaired) electrons. The maximum Gasteiger partial charge on any atom is 0.410 e. The molecule has 1 aliphatic heterocycles. The third-order valence-corrected chi connectivity index (χ3v) is 5.14. The third-order valence-electron chi connectivity index (χ3n) is 2.19. The molecule has 0 saturated carbocycles. The molecule has 0 spiro atoms. The number of imidazole rings is 1. The van der Waals surface area contributed by atoms with Gasteiger partial charge in [-0.05, 0) is 45.2 Å². The van der Waals surface area contributed by atoms with E-state index in [2.05, 4.69) is 50.2 Å². The van der Waals surface area contributed by atoms with Crippen LogP contribution in [0.1, 0.15) is 0 Å². The fraction of sp³-hybridized carbons (Fsp3) is 0.500. The van der Waals surface area contributed by atoms with Gasteiger partial charge in [-0.3, -0.25) is 0 Å². The number of cyclic esters (lactones) is 1. The lowest BCUT2D eigenvalue weighted by molar-refractivity contribution is 0.157. The van der Waals surface area contributed by atoms with Gasteiger partial charge in [0, 0.05) is 13.1 Å². The van der Waals surface area contributed by atoms with Crippen LogP contribution in [0.5, 0.6) is 0 Å². The van der Waals surface area contributed by atoms with Crippen LogP contribution in [0, 0.1) is 7.40 Å². The Morgan fingerprint density at radius 3 is 2.80 bits per heavy atom. The fourth-order valence-corrected chi connectivity index (χ4v) is 2.30. The highest BCUT2D eigenvalue weighted by Crippen LogP contribution is 2.13. The van der Waals surface area contributed by atoms with E-state index in [4.69, 9.17) is 4.74 Å². The topological polar surface area (TPSA) is 47.4 Å². The molecule has 1 aliphatic rings. The van der Waals surface area contributed by atoms with Crippen molar-refractivity contribution in [2.75, 3.05) is 19.7 Å². The molecule has 2 heterocycles. The van der Waals surface area contributed by atoms with E-state index in [1.807, 2.05) is 4.57 Å². The van der Waals surface area contributed by atoms with Gasteiger partial charge in [0.1, 0.15) is 14.0 Å². The van der Waals surface area contributed by atoms with Crippen LogP contribution in [0.25, 0.3) is 0 Å². The minimum Gasteiger partial charge on any atom is -0.448 e. The Labute approximate surface area is 114 Å². The van der Waals surface area contributed by atoms with Crippen molar-refractivity contribution in [3.8, 4) is 0 Å². The molecule has 82 valence electrons. The van der Waals surface area contributed by atoms with Crippen molar-refractivity contribution in [1.29, 1.82) is 0 Å². The van der Waals surface area contributed by atoms with Crippen molar-refractivity contribution in [1.82, 2.24) is 14.5 Å². The van der Waals surface area contributed by atoms with Crippen LogP contribution in [0.2, 0.25) is 0 Å². The van der Waals surface area contributed by atoms with Crippen molar-refractivity contribution in [3.63, 3.8) is 0 Å². The highest BCUT2D eigenvalue weighted by atomic mass is 127. The van der Waals surface area contributed by atoms with Crippen LogP contribution in [0.3, 0.4) is 0 Å². The van der Waals surface area contributed by atoms with Gasteiger partial charge in [-0.15, -0.1) is 0 Å². The zero-order chi connectivity index (χ0) is 10.8. The highest BCUT2D eigenvalue weighted by molar-refractivity contribution is 14.1. The van der Waals surface area contributed by atoms with Crippen molar-refractivity contribution in [2.24, 2.45) is 0 Å². The lowest BCUT2D eigenvalue weighted by Crippen LogP contribution is -2.28.